The van der Waals surface area contributed by atoms with Gasteiger partial charge in [0.1, 0.15) is 18.2 Å². The normalized spacial score (nSPS) is 20.8. The monoisotopic (exact) mass is 439 g/mol. The summed E-state index contributed by atoms with van der Waals surface area (Å²) in [5.41, 5.74) is 3.59. The maximum atomic E-state index is 13.0. The third-order valence-corrected chi connectivity index (χ3v) is 6.45. The molecule has 2 aromatic rings. The highest BCUT2D eigenvalue weighted by Gasteiger charge is 2.35. The van der Waals surface area contributed by atoms with E-state index in [4.69, 9.17) is 9.47 Å². The van der Waals surface area contributed by atoms with Crippen LogP contribution in [0, 0.1) is 6.92 Å². The van der Waals surface area contributed by atoms with Crippen LogP contribution in [0.3, 0.4) is 0 Å². The highest BCUT2D eigenvalue weighted by atomic mass is 79.9. The first-order valence-electron chi connectivity index (χ1n) is 9.83. The van der Waals surface area contributed by atoms with Gasteiger partial charge in [-0.25, -0.2) is 0 Å². The van der Waals surface area contributed by atoms with E-state index in [2.05, 4.69) is 20.8 Å². The SMILES string of the molecule is Cc1c2c(cc3c1O/C(=C\c1cccc(Br)c1)C3=O)CN(C1CCCC1)CO2. The summed E-state index contributed by atoms with van der Waals surface area (Å²) in [7, 11) is 0. The maximum Gasteiger partial charge on any atom is 0.231 e. The number of ketones is 1. The quantitative estimate of drug-likeness (QED) is 0.581. The van der Waals surface area contributed by atoms with Crippen LogP contribution in [0.25, 0.3) is 6.08 Å². The van der Waals surface area contributed by atoms with Gasteiger partial charge in [0.25, 0.3) is 0 Å². The average molecular weight is 440 g/mol. The molecule has 0 radical (unpaired) electrons. The number of benzene rings is 2. The third-order valence-electron chi connectivity index (χ3n) is 5.95. The van der Waals surface area contributed by atoms with Gasteiger partial charge in [-0.2, -0.15) is 0 Å². The van der Waals surface area contributed by atoms with E-state index < -0.39 is 0 Å². The third kappa shape index (κ3) is 3.07. The summed E-state index contributed by atoms with van der Waals surface area (Å²) < 4.78 is 13.1. The van der Waals surface area contributed by atoms with Crippen LogP contribution in [0.5, 0.6) is 11.5 Å². The van der Waals surface area contributed by atoms with E-state index >= 15 is 0 Å². The number of hydrogen-bond donors (Lipinski definition) is 0. The minimum atomic E-state index is -0.0566. The second-order valence-corrected chi connectivity index (χ2v) is 8.74. The summed E-state index contributed by atoms with van der Waals surface area (Å²) in [4.78, 5) is 15.4. The topological polar surface area (TPSA) is 38.8 Å². The van der Waals surface area contributed by atoms with Gasteiger partial charge in [-0.1, -0.05) is 40.9 Å². The Bertz CT molecular complexity index is 992. The molecule has 0 bridgehead atoms. The number of fused-ring (bicyclic) bond motifs is 2. The number of ether oxygens (including phenoxy) is 2. The van der Waals surface area contributed by atoms with Crippen LogP contribution in [0.15, 0.2) is 40.6 Å². The summed E-state index contributed by atoms with van der Waals surface area (Å²) in [6.45, 7) is 3.44. The van der Waals surface area contributed by atoms with Crippen molar-refractivity contribution in [2.45, 2.75) is 45.2 Å². The summed E-state index contributed by atoms with van der Waals surface area (Å²) in [6, 6.07) is 10.4. The van der Waals surface area contributed by atoms with Gasteiger partial charge in [-0.3, -0.25) is 9.69 Å². The van der Waals surface area contributed by atoms with Crippen molar-refractivity contribution >= 4 is 27.8 Å². The molecule has 2 heterocycles. The van der Waals surface area contributed by atoms with Gasteiger partial charge in [-0.15, -0.1) is 0 Å². The molecule has 0 aromatic heterocycles. The lowest BCUT2D eigenvalue weighted by Gasteiger charge is -2.34. The van der Waals surface area contributed by atoms with Crippen LogP contribution < -0.4 is 9.47 Å². The van der Waals surface area contributed by atoms with Crippen molar-refractivity contribution in [2.75, 3.05) is 6.73 Å². The van der Waals surface area contributed by atoms with E-state index in [0.29, 0.717) is 29.8 Å². The van der Waals surface area contributed by atoms with Crippen LogP contribution in [-0.4, -0.2) is 23.5 Å². The van der Waals surface area contributed by atoms with Gasteiger partial charge in [0.05, 0.1) is 5.56 Å². The number of Topliss-reactive ketones (excluding diaryl/α,β-unsaturated/α-hetero) is 1. The first-order valence-corrected chi connectivity index (χ1v) is 10.6. The minimum absolute atomic E-state index is 0.0566. The zero-order valence-electron chi connectivity index (χ0n) is 15.8. The molecule has 1 aliphatic carbocycles. The van der Waals surface area contributed by atoms with Crippen LogP contribution in [0.2, 0.25) is 0 Å². The Morgan fingerprint density at radius 1 is 1.18 bits per heavy atom. The lowest BCUT2D eigenvalue weighted by atomic mass is 9.99. The molecular weight excluding hydrogens is 418 g/mol. The Morgan fingerprint density at radius 3 is 2.79 bits per heavy atom. The van der Waals surface area contributed by atoms with Gasteiger partial charge < -0.3 is 9.47 Å². The smallest absolute Gasteiger partial charge is 0.231 e. The van der Waals surface area contributed by atoms with Gasteiger partial charge in [0.2, 0.25) is 5.78 Å². The predicted octanol–water partition coefficient (Wildman–Crippen LogP) is 5.47. The number of rotatable bonds is 2. The van der Waals surface area contributed by atoms with E-state index in [1.165, 1.54) is 25.7 Å². The number of nitrogens with zero attached hydrogens (tertiary/aromatic N) is 1. The number of carbonyl (C=O) groups is 1. The molecule has 0 amide bonds. The summed E-state index contributed by atoms with van der Waals surface area (Å²) in [5.74, 6) is 1.83. The van der Waals surface area contributed by atoms with E-state index in [-0.39, 0.29) is 5.78 Å². The Balaban J connectivity index is 1.47. The van der Waals surface area contributed by atoms with Gasteiger partial charge in [0, 0.05) is 28.2 Å². The van der Waals surface area contributed by atoms with Gasteiger partial charge >= 0.3 is 0 Å². The summed E-state index contributed by atoms with van der Waals surface area (Å²) >= 11 is 3.47. The van der Waals surface area contributed by atoms with Crippen molar-refractivity contribution in [3.05, 3.63) is 62.8 Å². The standard InChI is InChI=1S/C23H22BrNO3/c1-14-22-16(12-25(13-27-22)18-7-2-3-8-18)11-19-21(26)20(28-23(14)19)10-15-5-4-6-17(24)9-15/h4-6,9-11,18H,2-3,7-8,12-13H2,1H3/b20-10-. The lowest BCUT2D eigenvalue weighted by molar-refractivity contribution is 0.0570. The predicted molar refractivity (Wildman–Crippen MR) is 112 cm³/mol. The van der Waals surface area contributed by atoms with Crippen LogP contribution in [0.1, 0.15) is 52.7 Å². The van der Waals surface area contributed by atoms with E-state index in [0.717, 1.165) is 33.5 Å². The van der Waals surface area contributed by atoms with E-state index in [1.807, 2.05) is 37.3 Å². The van der Waals surface area contributed by atoms with E-state index in [9.17, 15) is 4.79 Å². The van der Waals surface area contributed by atoms with Crippen molar-refractivity contribution in [1.82, 2.24) is 4.90 Å². The average Bonchev–Trinajstić information content (AvgIpc) is 3.32. The highest BCUT2D eigenvalue weighted by Crippen LogP contribution is 2.44. The van der Waals surface area contributed by atoms with Gasteiger partial charge in [-0.05, 0) is 49.6 Å². The van der Waals surface area contributed by atoms with E-state index in [1.54, 1.807) is 6.08 Å². The fourth-order valence-corrected chi connectivity index (χ4v) is 4.93. The first-order chi connectivity index (χ1) is 13.6. The number of allylic oxidation sites excluding steroid dienone is 1. The molecule has 1 saturated carbocycles. The van der Waals surface area contributed by atoms with Crippen molar-refractivity contribution in [1.29, 1.82) is 0 Å². The minimum Gasteiger partial charge on any atom is -0.477 e. The second-order valence-electron chi connectivity index (χ2n) is 7.82. The molecule has 1 fully saturated rings. The van der Waals surface area contributed by atoms with Crippen molar-refractivity contribution in [3.8, 4) is 11.5 Å². The molecule has 0 atom stereocenters. The molecule has 4 nitrogen and oxygen atoms in total. The zero-order valence-corrected chi connectivity index (χ0v) is 17.4. The Morgan fingerprint density at radius 2 is 2.00 bits per heavy atom. The zero-order chi connectivity index (χ0) is 19.3. The Hall–Kier alpha value is -2.11. The van der Waals surface area contributed by atoms with Crippen LogP contribution in [-0.2, 0) is 6.54 Å². The fourth-order valence-electron chi connectivity index (χ4n) is 4.52. The maximum absolute atomic E-state index is 13.0. The molecular formula is C23H22BrNO3. The summed E-state index contributed by atoms with van der Waals surface area (Å²) in [5, 5.41) is 0. The first kappa shape index (κ1) is 18.0. The Kier molecular flexibility index (Phi) is 4.52. The second kappa shape index (κ2) is 7.05. The highest BCUT2D eigenvalue weighted by molar-refractivity contribution is 9.10. The van der Waals surface area contributed by atoms with Crippen molar-refractivity contribution in [2.24, 2.45) is 0 Å². The molecule has 0 unspecified atom stereocenters. The van der Waals surface area contributed by atoms with Crippen LogP contribution in [0.4, 0.5) is 0 Å². The number of halogens is 1. The molecule has 28 heavy (non-hydrogen) atoms. The number of hydrogen-bond acceptors (Lipinski definition) is 4. The Labute approximate surface area is 173 Å². The molecule has 0 N–H and O–H groups in total. The van der Waals surface area contributed by atoms with Crippen molar-refractivity contribution in [3.63, 3.8) is 0 Å². The largest absolute Gasteiger partial charge is 0.477 e. The van der Waals surface area contributed by atoms with Gasteiger partial charge in [0.15, 0.2) is 5.76 Å². The molecule has 0 saturated heterocycles. The lowest BCUT2D eigenvalue weighted by Crippen LogP contribution is -2.39. The van der Waals surface area contributed by atoms with Crippen LogP contribution >= 0.6 is 15.9 Å². The molecule has 3 aliphatic rings. The molecule has 2 aromatic carbocycles. The van der Waals surface area contributed by atoms with Crippen molar-refractivity contribution < 1.29 is 14.3 Å². The molecule has 144 valence electrons. The number of carbonyl (C=O) groups excluding carboxylic acids is 1. The molecule has 5 rings (SSSR count). The fraction of sp³-hybridized carbons (Fsp3) is 0.348. The molecule has 5 heteroatoms. The molecule has 2 aliphatic heterocycles. The molecule has 0 spiro atoms. The summed E-state index contributed by atoms with van der Waals surface area (Å²) in [6.07, 6.45) is 6.88.